The summed E-state index contributed by atoms with van der Waals surface area (Å²) >= 11 is 0. The Bertz CT molecular complexity index is 2870. The van der Waals surface area contributed by atoms with Gasteiger partial charge in [-0.1, -0.05) is 100 Å². The molecule has 0 bridgehead atoms. The van der Waals surface area contributed by atoms with Crippen molar-refractivity contribution in [2.24, 2.45) is 0 Å². The molecule has 0 saturated carbocycles. The van der Waals surface area contributed by atoms with Crippen LogP contribution in [0.1, 0.15) is 61.1 Å². The lowest BCUT2D eigenvalue weighted by Gasteiger charge is -2.42. The van der Waals surface area contributed by atoms with Gasteiger partial charge in [-0.3, -0.25) is 0 Å². The molecule has 0 radical (unpaired) electrons. The van der Waals surface area contributed by atoms with Crippen molar-refractivity contribution in [1.82, 2.24) is 0 Å². The van der Waals surface area contributed by atoms with Crippen LogP contribution < -0.4 is 40.0 Å². The zero-order valence-electron chi connectivity index (χ0n) is 35.5. The zero-order chi connectivity index (χ0) is 40.7. The van der Waals surface area contributed by atoms with E-state index < -0.39 is 0 Å². The van der Waals surface area contributed by atoms with E-state index in [1.165, 1.54) is 113 Å². The first kappa shape index (κ1) is 34.3. The number of anilines is 12. The van der Waals surface area contributed by atoms with E-state index >= 15 is 0 Å². The standard InChI is InChI=1S/C52H46B2N6/c1-31-23-25-41-47(27-31)55(7)45-29-38-46(30-37(45)53-57(41)43-21-13-17-35-49(43)59(53)39-19-11-9-15-33(39)51(35,3)4)56(8)48-28-32(2)24-26-42(48)58-44-22-14-18-36-50(44)60(54(38)58)40-20-12-10-16-34(40)52(36,5)6/h9-30H,1-8H3. The van der Waals surface area contributed by atoms with Gasteiger partial charge in [-0.05, 0) is 119 Å². The highest BCUT2D eigenvalue weighted by molar-refractivity contribution is 6.88. The van der Waals surface area contributed by atoms with Crippen LogP contribution in [0.25, 0.3) is 0 Å². The van der Waals surface area contributed by atoms with Crippen LogP contribution >= 0.6 is 0 Å². The predicted octanol–water partition coefficient (Wildman–Crippen LogP) is 11.1. The molecule has 0 unspecified atom stereocenters. The number of hydrogen-bond acceptors (Lipinski definition) is 6. The number of fused-ring (bicyclic) bond motifs is 18. The Labute approximate surface area is 354 Å². The van der Waals surface area contributed by atoms with Gasteiger partial charge in [-0.15, -0.1) is 0 Å². The lowest BCUT2D eigenvalue weighted by Crippen LogP contribution is -2.57. The summed E-state index contributed by atoms with van der Waals surface area (Å²) in [5, 5.41) is 0. The molecule has 0 aliphatic carbocycles. The molecule has 6 aliphatic heterocycles. The molecule has 60 heavy (non-hydrogen) atoms. The Hall–Kier alpha value is -6.53. The van der Waals surface area contributed by atoms with Crippen LogP contribution in [0.15, 0.2) is 133 Å². The Morgan fingerprint density at radius 2 is 0.733 bits per heavy atom. The second-order valence-corrected chi connectivity index (χ2v) is 18.9. The number of para-hydroxylation sites is 4. The molecule has 0 saturated heterocycles. The first-order valence-electron chi connectivity index (χ1n) is 21.5. The minimum Gasteiger partial charge on any atom is -0.359 e. The molecule has 0 atom stereocenters. The average molecular weight is 777 g/mol. The summed E-state index contributed by atoms with van der Waals surface area (Å²) in [5.41, 5.74) is 25.2. The van der Waals surface area contributed by atoms with Gasteiger partial charge in [0, 0.05) is 47.7 Å². The fraction of sp³-hybridized carbons (Fsp3) is 0.192. The number of rotatable bonds is 0. The largest absolute Gasteiger partial charge is 0.423 e. The third-order valence-electron chi connectivity index (χ3n) is 15.0. The highest BCUT2D eigenvalue weighted by Crippen LogP contribution is 2.61. The normalized spacial score (nSPS) is 17.3. The van der Waals surface area contributed by atoms with Gasteiger partial charge in [-0.2, -0.15) is 0 Å². The van der Waals surface area contributed by atoms with E-state index in [9.17, 15) is 0 Å². The molecule has 13 rings (SSSR count). The molecule has 0 spiro atoms. The van der Waals surface area contributed by atoms with Gasteiger partial charge in [0.1, 0.15) is 0 Å². The number of benzene rings is 7. The second-order valence-electron chi connectivity index (χ2n) is 18.9. The third kappa shape index (κ3) is 3.98. The predicted molar refractivity (Wildman–Crippen MR) is 254 cm³/mol. The topological polar surface area (TPSA) is 19.4 Å². The Kier molecular flexibility index (Phi) is 6.40. The van der Waals surface area contributed by atoms with Crippen molar-refractivity contribution in [3.8, 4) is 0 Å². The van der Waals surface area contributed by atoms with Crippen LogP contribution in [-0.4, -0.2) is 28.1 Å². The molecule has 0 fully saturated rings. The van der Waals surface area contributed by atoms with Gasteiger partial charge >= 0.3 is 14.0 Å². The third-order valence-corrected chi connectivity index (χ3v) is 15.0. The lowest BCUT2D eigenvalue weighted by molar-refractivity contribution is 0.634. The van der Waals surface area contributed by atoms with Crippen LogP contribution in [0.4, 0.5) is 68.2 Å². The van der Waals surface area contributed by atoms with Crippen molar-refractivity contribution < 1.29 is 0 Å². The smallest absolute Gasteiger partial charge is 0.359 e. The van der Waals surface area contributed by atoms with E-state index in [2.05, 4.69) is 218 Å². The van der Waals surface area contributed by atoms with Crippen LogP contribution in [0.3, 0.4) is 0 Å². The van der Waals surface area contributed by atoms with E-state index in [4.69, 9.17) is 0 Å². The average Bonchev–Trinajstić information content (AvgIpc) is 3.72. The zero-order valence-corrected chi connectivity index (χ0v) is 35.5. The summed E-state index contributed by atoms with van der Waals surface area (Å²) in [6.07, 6.45) is 0. The first-order valence-corrected chi connectivity index (χ1v) is 21.5. The molecule has 6 heterocycles. The minimum atomic E-state index is -0.159. The van der Waals surface area contributed by atoms with E-state index in [0.717, 1.165) is 0 Å². The molecule has 8 heteroatoms. The molecule has 0 N–H and O–H groups in total. The molecule has 0 aromatic heterocycles. The summed E-state index contributed by atoms with van der Waals surface area (Å²) in [4.78, 5) is 15.6. The van der Waals surface area contributed by atoms with Crippen LogP contribution in [0.2, 0.25) is 0 Å². The number of aryl methyl sites for hydroxylation is 2. The number of hydrogen-bond donors (Lipinski definition) is 0. The fourth-order valence-electron chi connectivity index (χ4n) is 12.1. The molecule has 290 valence electrons. The van der Waals surface area contributed by atoms with Gasteiger partial charge in [0.15, 0.2) is 0 Å². The maximum atomic E-state index is 2.67. The number of nitrogens with zero attached hydrogens (tertiary/aromatic N) is 6. The van der Waals surface area contributed by atoms with Gasteiger partial charge in [0.25, 0.3) is 0 Å². The van der Waals surface area contributed by atoms with Gasteiger partial charge in [0.05, 0.1) is 45.5 Å². The molecule has 0 amide bonds. The quantitative estimate of drug-likeness (QED) is 0.142. The van der Waals surface area contributed by atoms with E-state index in [-0.39, 0.29) is 24.8 Å². The molecule has 6 nitrogen and oxygen atoms in total. The van der Waals surface area contributed by atoms with E-state index in [1.54, 1.807) is 0 Å². The Balaban J connectivity index is 1.14. The summed E-state index contributed by atoms with van der Waals surface area (Å²) in [7, 11) is 4.57. The van der Waals surface area contributed by atoms with Gasteiger partial charge < -0.3 is 29.0 Å². The highest BCUT2D eigenvalue weighted by Gasteiger charge is 2.56. The SMILES string of the molecule is Cc1ccc2c(c1)N(C)c1cc3c(cc1B1N2c2cccc4c2N1c1ccccc1C4(C)C)N(C)c1cc(C)ccc1N1B3N2c3ccccc3C(C)(C)c3cccc1c32. The van der Waals surface area contributed by atoms with Crippen molar-refractivity contribution >= 4 is 93.1 Å². The van der Waals surface area contributed by atoms with Crippen molar-refractivity contribution in [2.45, 2.75) is 52.4 Å². The monoisotopic (exact) mass is 776 g/mol. The van der Waals surface area contributed by atoms with Crippen LogP contribution in [-0.2, 0) is 10.8 Å². The van der Waals surface area contributed by atoms with Gasteiger partial charge in [-0.25, -0.2) is 0 Å². The summed E-state index contributed by atoms with van der Waals surface area (Å²) in [6, 6.07) is 51.4. The Morgan fingerprint density at radius 1 is 0.350 bits per heavy atom. The fourth-order valence-corrected chi connectivity index (χ4v) is 12.1. The van der Waals surface area contributed by atoms with Crippen molar-refractivity contribution in [1.29, 1.82) is 0 Å². The first-order chi connectivity index (χ1) is 29.0. The van der Waals surface area contributed by atoms with E-state index in [0.29, 0.717) is 0 Å². The summed E-state index contributed by atoms with van der Waals surface area (Å²) in [6.45, 7) is 13.8. The van der Waals surface area contributed by atoms with Crippen LogP contribution in [0, 0.1) is 13.8 Å². The maximum absolute atomic E-state index is 2.67. The van der Waals surface area contributed by atoms with E-state index in [1.807, 2.05) is 0 Å². The van der Waals surface area contributed by atoms with Crippen molar-refractivity contribution in [3.05, 3.63) is 167 Å². The van der Waals surface area contributed by atoms with Crippen LogP contribution in [0.5, 0.6) is 0 Å². The van der Waals surface area contributed by atoms with Gasteiger partial charge in [0.2, 0.25) is 0 Å². The molecule has 6 aliphatic rings. The van der Waals surface area contributed by atoms with Crippen molar-refractivity contribution in [3.63, 3.8) is 0 Å². The summed E-state index contributed by atoms with van der Waals surface area (Å²) in [5.74, 6) is 0. The maximum Gasteiger partial charge on any atom is 0.423 e. The molecule has 7 aromatic carbocycles. The molecule has 7 aromatic rings. The highest BCUT2D eigenvalue weighted by atomic mass is 15.3. The van der Waals surface area contributed by atoms with Crippen molar-refractivity contribution in [2.75, 3.05) is 43.1 Å². The Morgan fingerprint density at radius 3 is 1.17 bits per heavy atom. The molecular formula is C52H46B2N6. The lowest BCUT2D eigenvalue weighted by atomic mass is 9.58. The molecular weight excluding hydrogens is 730 g/mol. The summed E-state index contributed by atoms with van der Waals surface area (Å²) < 4.78 is 0. The second kappa shape index (κ2) is 11.2. The minimum absolute atomic E-state index is 0.126.